The first-order chi connectivity index (χ1) is 19.3. The van der Waals surface area contributed by atoms with E-state index < -0.39 is 5.54 Å². The Hall–Kier alpha value is -3.03. The highest BCUT2D eigenvalue weighted by Crippen LogP contribution is 2.29. The molecular weight excluding hydrogens is 502 g/mol. The van der Waals surface area contributed by atoms with Crippen LogP contribution >= 0.6 is 0 Å². The van der Waals surface area contributed by atoms with E-state index in [0.29, 0.717) is 31.7 Å². The van der Waals surface area contributed by atoms with Gasteiger partial charge in [-0.2, -0.15) is 0 Å². The molecule has 218 valence electrons. The number of rotatable bonds is 11. The van der Waals surface area contributed by atoms with Crippen molar-refractivity contribution in [3.8, 4) is 0 Å². The summed E-state index contributed by atoms with van der Waals surface area (Å²) in [5.41, 5.74) is 1.75. The predicted octanol–water partition coefficient (Wildman–Crippen LogP) is 5.00. The van der Waals surface area contributed by atoms with Crippen LogP contribution in [0.2, 0.25) is 0 Å². The van der Waals surface area contributed by atoms with Crippen LogP contribution in [0.1, 0.15) is 76.5 Å². The van der Waals surface area contributed by atoms with Gasteiger partial charge in [0.25, 0.3) is 0 Å². The van der Waals surface area contributed by atoms with Crippen LogP contribution < -0.4 is 5.32 Å². The van der Waals surface area contributed by atoms with Gasteiger partial charge >= 0.3 is 0 Å². The molecule has 1 N–H and O–H groups in total. The molecule has 0 saturated carbocycles. The van der Waals surface area contributed by atoms with Crippen LogP contribution in [0.4, 0.5) is 0 Å². The Bertz CT molecular complexity index is 1000. The number of aldehydes is 1. The molecular formula is C33H47N3O4. The van der Waals surface area contributed by atoms with E-state index in [4.69, 9.17) is 4.74 Å². The normalized spacial score (nSPS) is 19.9. The third-order valence-electron chi connectivity index (χ3n) is 8.53. The van der Waals surface area contributed by atoms with Crippen molar-refractivity contribution >= 4 is 18.6 Å². The van der Waals surface area contributed by atoms with Crippen molar-refractivity contribution < 1.29 is 19.1 Å². The quantitative estimate of drug-likeness (QED) is 0.399. The standard InChI is InChI=1S/C19H34N2O3.C14H13NO/c1-15-5-6-17(20(15)4)7-11-21(19(2,3)10-12-22)18(23)16-8-13-24-14-9-16;16-11-15-14(12-7-3-1-4-8-12)13-9-5-2-6-10-13/h12,15-17H,5-11,13-14H2,1-4H3;1-11,14H,(H,15,16)/t15-,17-;/m1./s1. The smallest absolute Gasteiger partial charge is 0.226 e. The Morgan fingerprint density at radius 2 is 1.57 bits per heavy atom. The second-order valence-electron chi connectivity index (χ2n) is 11.6. The number of hydrogen-bond donors (Lipinski definition) is 1. The molecule has 0 unspecified atom stereocenters. The van der Waals surface area contributed by atoms with Crippen molar-refractivity contribution in [2.75, 3.05) is 26.8 Å². The third-order valence-corrected chi connectivity index (χ3v) is 8.53. The molecule has 2 aromatic carbocycles. The average Bonchev–Trinajstić information content (AvgIpc) is 3.30. The minimum Gasteiger partial charge on any atom is -0.381 e. The van der Waals surface area contributed by atoms with Crippen LogP contribution in [0.3, 0.4) is 0 Å². The number of hydrogen-bond acceptors (Lipinski definition) is 5. The monoisotopic (exact) mass is 549 g/mol. The highest BCUT2D eigenvalue weighted by molar-refractivity contribution is 5.80. The molecule has 2 heterocycles. The summed E-state index contributed by atoms with van der Waals surface area (Å²) in [5.74, 6) is 0.253. The lowest BCUT2D eigenvalue weighted by Crippen LogP contribution is -2.52. The van der Waals surface area contributed by atoms with Gasteiger partial charge in [0.05, 0.1) is 6.04 Å². The lowest BCUT2D eigenvalue weighted by molar-refractivity contribution is -0.144. The number of likely N-dealkylation sites (tertiary alicyclic amines) is 1. The summed E-state index contributed by atoms with van der Waals surface area (Å²) in [4.78, 5) is 39.3. The number of nitrogens with zero attached hydrogens (tertiary/aromatic N) is 2. The number of nitrogens with one attached hydrogen (secondary N) is 1. The van der Waals surface area contributed by atoms with Gasteiger partial charge < -0.3 is 24.6 Å². The fourth-order valence-electron chi connectivity index (χ4n) is 5.76. The van der Waals surface area contributed by atoms with Gasteiger partial charge in [-0.15, -0.1) is 0 Å². The minimum atomic E-state index is -0.417. The number of carbonyl (C=O) groups is 3. The molecule has 7 heteroatoms. The van der Waals surface area contributed by atoms with Crippen molar-refractivity contribution in [1.29, 1.82) is 0 Å². The number of benzene rings is 2. The molecule has 2 aromatic rings. The zero-order chi connectivity index (χ0) is 29.0. The number of ether oxygens (including phenoxy) is 1. The van der Waals surface area contributed by atoms with Crippen LogP contribution in [0.5, 0.6) is 0 Å². The molecule has 4 rings (SSSR count). The zero-order valence-electron chi connectivity index (χ0n) is 24.6. The fourth-order valence-corrected chi connectivity index (χ4v) is 5.76. The van der Waals surface area contributed by atoms with Gasteiger partial charge in [-0.25, -0.2) is 0 Å². The van der Waals surface area contributed by atoms with Crippen molar-refractivity contribution in [2.24, 2.45) is 5.92 Å². The van der Waals surface area contributed by atoms with E-state index in [0.717, 1.165) is 49.6 Å². The predicted molar refractivity (Wildman–Crippen MR) is 159 cm³/mol. The molecule has 0 spiro atoms. The van der Waals surface area contributed by atoms with Gasteiger partial charge in [0.2, 0.25) is 12.3 Å². The fraction of sp³-hybridized carbons (Fsp3) is 0.545. The van der Waals surface area contributed by atoms with Crippen molar-refractivity contribution in [3.63, 3.8) is 0 Å². The van der Waals surface area contributed by atoms with Crippen molar-refractivity contribution in [3.05, 3.63) is 71.8 Å². The molecule has 7 nitrogen and oxygen atoms in total. The first-order valence-electron chi connectivity index (χ1n) is 14.6. The Kier molecular flexibility index (Phi) is 12.3. The Morgan fingerprint density at radius 3 is 2.05 bits per heavy atom. The number of carbonyl (C=O) groups excluding carboxylic acids is 3. The van der Waals surface area contributed by atoms with Crippen LogP contribution in [0.15, 0.2) is 60.7 Å². The van der Waals surface area contributed by atoms with E-state index in [1.54, 1.807) is 0 Å². The summed E-state index contributed by atoms with van der Waals surface area (Å²) >= 11 is 0. The summed E-state index contributed by atoms with van der Waals surface area (Å²) < 4.78 is 5.40. The second kappa shape index (κ2) is 15.7. The largest absolute Gasteiger partial charge is 0.381 e. The molecule has 2 aliphatic heterocycles. The van der Waals surface area contributed by atoms with Gasteiger partial charge in [0.1, 0.15) is 6.29 Å². The van der Waals surface area contributed by atoms with Gasteiger partial charge in [0, 0.05) is 49.7 Å². The van der Waals surface area contributed by atoms with Crippen LogP contribution in [0.25, 0.3) is 0 Å². The molecule has 2 fully saturated rings. The lowest BCUT2D eigenvalue weighted by Gasteiger charge is -2.41. The maximum atomic E-state index is 13.1. The summed E-state index contributed by atoms with van der Waals surface area (Å²) in [7, 11) is 2.18. The molecule has 0 bridgehead atoms. The average molecular weight is 550 g/mol. The van der Waals surface area contributed by atoms with E-state index in [9.17, 15) is 14.4 Å². The van der Waals surface area contributed by atoms with E-state index in [1.165, 1.54) is 12.8 Å². The lowest BCUT2D eigenvalue weighted by atomic mass is 9.92. The Labute approximate surface area is 240 Å². The zero-order valence-corrected chi connectivity index (χ0v) is 24.6. The molecule has 2 amide bonds. The van der Waals surface area contributed by atoms with E-state index >= 15 is 0 Å². The molecule has 0 aliphatic carbocycles. The molecule has 2 atom stereocenters. The van der Waals surface area contributed by atoms with Crippen LogP contribution in [-0.2, 0) is 19.1 Å². The molecule has 2 saturated heterocycles. The highest BCUT2D eigenvalue weighted by Gasteiger charge is 2.36. The second-order valence-corrected chi connectivity index (χ2v) is 11.6. The molecule has 0 radical (unpaired) electrons. The summed E-state index contributed by atoms with van der Waals surface area (Å²) in [6.45, 7) is 8.36. The van der Waals surface area contributed by atoms with Crippen LogP contribution in [-0.4, -0.2) is 72.8 Å². The maximum absolute atomic E-state index is 13.1. The van der Waals surface area contributed by atoms with E-state index in [1.807, 2.05) is 79.4 Å². The van der Waals surface area contributed by atoms with E-state index in [-0.39, 0.29) is 17.9 Å². The van der Waals surface area contributed by atoms with Gasteiger partial charge in [-0.1, -0.05) is 60.7 Å². The summed E-state index contributed by atoms with van der Waals surface area (Å²) in [5, 5.41) is 2.83. The van der Waals surface area contributed by atoms with Crippen LogP contribution in [0, 0.1) is 5.92 Å². The summed E-state index contributed by atoms with van der Waals surface area (Å²) in [6, 6.07) is 20.9. The SMILES string of the molecule is C[C@@H]1CC[C@H](CCN(C(=O)C2CCOCC2)C(C)(C)CC=O)N1C.O=CNC(c1ccccc1)c1ccccc1. The minimum absolute atomic E-state index is 0.0462. The topological polar surface area (TPSA) is 79.0 Å². The van der Waals surface area contributed by atoms with Gasteiger partial charge in [0.15, 0.2) is 0 Å². The highest BCUT2D eigenvalue weighted by atomic mass is 16.5. The number of amides is 2. The molecule has 0 aromatic heterocycles. The van der Waals surface area contributed by atoms with E-state index in [2.05, 4.69) is 24.2 Å². The van der Waals surface area contributed by atoms with Crippen molar-refractivity contribution in [1.82, 2.24) is 15.1 Å². The third kappa shape index (κ3) is 8.73. The van der Waals surface area contributed by atoms with Crippen molar-refractivity contribution in [2.45, 2.75) is 83.0 Å². The van der Waals surface area contributed by atoms with Gasteiger partial charge in [-0.05, 0) is 71.0 Å². The van der Waals surface area contributed by atoms with Gasteiger partial charge in [-0.3, -0.25) is 9.59 Å². The summed E-state index contributed by atoms with van der Waals surface area (Å²) in [6.07, 6.45) is 7.08. The maximum Gasteiger partial charge on any atom is 0.226 e. The Morgan fingerprint density at radius 1 is 1.00 bits per heavy atom. The Balaban J connectivity index is 0.000000238. The molecule has 2 aliphatic rings. The first-order valence-corrected chi connectivity index (χ1v) is 14.6. The molecule has 40 heavy (non-hydrogen) atoms. The first kappa shape index (κ1) is 31.5.